The minimum Gasteiger partial charge on any atom is -0.383 e. The maximum atomic E-state index is 13.0. The van der Waals surface area contributed by atoms with Gasteiger partial charge in [-0.25, -0.2) is 4.68 Å². The molecule has 6 heteroatoms. The van der Waals surface area contributed by atoms with E-state index >= 15 is 0 Å². The molecule has 2 aromatic carbocycles. The van der Waals surface area contributed by atoms with E-state index in [1.807, 2.05) is 43.3 Å². The van der Waals surface area contributed by atoms with E-state index in [9.17, 15) is 9.59 Å². The molecule has 0 spiro atoms. The van der Waals surface area contributed by atoms with Crippen molar-refractivity contribution in [1.29, 1.82) is 0 Å². The van der Waals surface area contributed by atoms with Gasteiger partial charge < -0.3 is 5.73 Å². The number of nitrogens with two attached hydrogens (primary N) is 1. The highest BCUT2D eigenvalue weighted by atomic mass is 16.2. The summed E-state index contributed by atoms with van der Waals surface area (Å²) in [6, 6.07) is 18.4. The minimum absolute atomic E-state index is 0.0965. The number of aromatic nitrogens is 2. The monoisotopic (exact) mass is 346 g/mol. The summed E-state index contributed by atoms with van der Waals surface area (Å²) < 4.78 is 1.62. The number of carbonyl (C=O) groups excluding carboxylic acids is 2. The van der Waals surface area contributed by atoms with E-state index in [2.05, 4.69) is 5.10 Å². The summed E-state index contributed by atoms with van der Waals surface area (Å²) in [5.74, 6) is -0.698. The van der Waals surface area contributed by atoms with Crippen LogP contribution < -0.4 is 10.6 Å². The second kappa shape index (κ2) is 6.15. The molecule has 2 amide bonds. The molecular formula is C20H18N4O2. The molecule has 3 aromatic rings. The van der Waals surface area contributed by atoms with Gasteiger partial charge in [0.15, 0.2) is 0 Å². The van der Waals surface area contributed by atoms with Crippen molar-refractivity contribution in [2.45, 2.75) is 19.3 Å². The fraction of sp³-hybridized carbons (Fsp3) is 0.150. The second-order valence-electron chi connectivity index (χ2n) is 6.29. The molecule has 1 saturated heterocycles. The lowest BCUT2D eigenvalue weighted by molar-refractivity contribution is -0.121. The number of hydrogen-bond acceptors (Lipinski definition) is 4. The van der Waals surface area contributed by atoms with Gasteiger partial charge in [0.1, 0.15) is 5.82 Å². The Morgan fingerprint density at radius 3 is 2.15 bits per heavy atom. The molecule has 1 aromatic heterocycles. The van der Waals surface area contributed by atoms with Crippen LogP contribution in [0, 0.1) is 6.92 Å². The third-order valence-corrected chi connectivity index (χ3v) is 4.65. The molecule has 0 aliphatic carbocycles. The molecule has 2 N–H and O–H groups in total. The Balaban J connectivity index is 1.74. The number of aryl methyl sites for hydroxylation is 1. The van der Waals surface area contributed by atoms with Gasteiger partial charge in [0, 0.05) is 12.0 Å². The number of nitrogens with zero attached hydrogens (tertiary/aromatic N) is 3. The van der Waals surface area contributed by atoms with E-state index in [1.165, 1.54) is 4.90 Å². The quantitative estimate of drug-likeness (QED) is 0.740. The number of rotatable bonds is 3. The van der Waals surface area contributed by atoms with Crippen LogP contribution in [-0.2, 0) is 9.59 Å². The molecule has 6 nitrogen and oxygen atoms in total. The number of anilines is 2. The number of nitrogen functional groups attached to an aromatic ring is 1. The maximum absolute atomic E-state index is 13.0. The second-order valence-corrected chi connectivity index (χ2v) is 6.29. The van der Waals surface area contributed by atoms with Crippen molar-refractivity contribution in [3.05, 3.63) is 71.9 Å². The summed E-state index contributed by atoms with van der Waals surface area (Å²) in [5, 5.41) is 4.49. The zero-order chi connectivity index (χ0) is 18.3. The molecule has 1 atom stereocenters. The van der Waals surface area contributed by atoms with Crippen molar-refractivity contribution < 1.29 is 9.59 Å². The van der Waals surface area contributed by atoms with Crippen LogP contribution in [0.15, 0.2) is 60.7 Å². The number of imide groups is 1. The molecule has 1 fully saturated rings. The average Bonchev–Trinajstić information content (AvgIpc) is 3.11. The molecule has 2 heterocycles. The molecule has 0 unspecified atom stereocenters. The van der Waals surface area contributed by atoms with Gasteiger partial charge in [-0.3, -0.25) is 14.5 Å². The fourth-order valence-corrected chi connectivity index (χ4v) is 3.46. The Morgan fingerprint density at radius 2 is 1.54 bits per heavy atom. The van der Waals surface area contributed by atoms with E-state index in [1.54, 1.807) is 28.9 Å². The van der Waals surface area contributed by atoms with Crippen LogP contribution in [-0.4, -0.2) is 21.6 Å². The largest absolute Gasteiger partial charge is 0.383 e. The summed E-state index contributed by atoms with van der Waals surface area (Å²) in [7, 11) is 0. The van der Waals surface area contributed by atoms with Crippen LogP contribution >= 0.6 is 0 Å². The van der Waals surface area contributed by atoms with Crippen LogP contribution in [0.3, 0.4) is 0 Å². The first-order chi connectivity index (χ1) is 12.6. The number of benzene rings is 2. The predicted octanol–water partition coefficient (Wildman–Crippen LogP) is 2.81. The third-order valence-electron chi connectivity index (χ3n) is 4.65. The van der Waals surface area contributed by atoms with Crippen molar-refractivity contribution in [3.8, 4) is 5.69 Å². The van der Waals surface area contributed by atoms with Gasteiger partial charge in [0.05, 0.1) is 23.0 Å². The summed E-state index contributed by atoms with van der Waals surface area (Å²) in [4.78, 5) is 26.7. The topological polar surface area (TPSA) is 81.2 Å². The van der Waals surface area contributed by atoms with Crippen molar-refractivity contribution in [3.63, 3.8) is 0 Å². The van der Waals surface area contributed by atoms with Crippen LogP contribution in [0.25, 0.3) is 5.69 Å². The van der Waals surface area contributed by atoms with Crippen LogP contribution in [0.4, 0.5) is 11.5 Å². The Hall–Kier alpha value is -3.41. The summed E-state index contributed by atoms with van der Waals surface area (Å²) >= 11 is 0. The van der Waals surface area contributed by atoms with Crippen molar-refractivity contribution in [2.24, 2.45) is 0 Å². The van der Waals surface area contributed by atoms with Gasteiger partial charge in [-0.2, -0.15) is 5.10 Å². The van der Waals surface area contributed by atoms with Gasteiger partial charge in [-0.1, -0.05) is 36.4 Å². The number of para-hydroxylation sites is 2. The fourth-order valence-electron chi connectivity index (χ4n) is 3.46. The van der Waals surface area contributed by atoms with E-state index in [-0.39, 0.29) is 18.2 Å². The third kappa shape index (κ3) is 2.47. The van der Waals surface area contributed by atoms with E-state index in [4.69, 9.17) is 5.73 Å². The molecule has 130 valence electrons. The normalized spacial score (nSPS) is 17.1. The lowest BCUT2D eigenvalue weighted by atomic mass is 9.97. The first-order valence-corrected chi connectivity index (χ1v) is 8.40. The first kappa shape index (κ1) is 16.1. The van der Waals surface area contributed by atoms with Crippen LogP contribution in [0.1, 0.15) is 23.6 Å². The molecule has 0 saturated carbocycles. The number of amides is 2. The van der Waals surface area contributed by atoms with E-state index in [0.717, 1.165) is 5.69 Å². The van der Waals surface area contributed by atoms with Crippen molar-refractivity contribution in [1.82, 2.24) is 9.78 Å². The molecular weight excluding hydrogens is 328 g/mol. The predicted molar refractivity (Wildman–Crippen MR) is 99.0 cm³/mol. The highest BCUT2D eigenvalue weighted by Gasteiger charge is 2.43. The molecule has 4 rings (SSSR count). The lowest BCUT2D eigenvalue weighted by Gasteiger charge is -2.15. The van der Waals surface area contributed by atoms with Crippen LogP contribution in [0.5, 0.6) is 0 Å². The zero-order valence-corrected chi connectivity index (χ0v) is 14.3. The molecule has 0 radical (unpaired) electrons. The Kier molecular flexibility index (Phi) is 3.80. The molecule has 26 heavy (non-hydrogen) atoms. The van der Waals surface area contributed by atoms with Gasteiger partial charge in [-0.05, 0) is 31.2 Å². The lowest BCUT2D eigenvalue weighted by Crippen LogP contribution is -2.30. The minimum atomic E-state index is -0.611. The highest BCUT2D eigenvalue weighted by molar-refractivity contribution is 6.23. The van der Waals surface area contributed by atoms with Gasteiger partial charge in [0.2, 0.25) is 11.8 Å². The zero-order valence-electron chi connectivity index (χ0n) is 14.3. The summed E-state index contributed by atoms with van der Waals surface area (Å²) in [6.45, 7) is 1.81. The first-order valence-electron chi connectivity index (χ1n) is 8.40. The van der Waals surface area contributed by atoms with E-state index in [0.29, 0.717) is 22.8 Å². The summed E-state index contributed by atoms with van der Waals surface area (Å²) in [5.41, 5.74) is 9.01. The Morgan fingerprint density at radius 1 is 0.962 bits per heavy atom. The molecule has 1 aliphatic heterocycles. The molecule has 0 bridgehead atoms. The average molecular weight is 346 g/mol. The Bertz CT molecular complexity index is 980. The smallest absolute Gasteiger partial charge is 0.242 e. The number of hydrogen-bond donors (Lipinski definition) is 1. The number of carbonyl (C=O) groups is 2. The Labute approximate surface area is 150 Å². The van der Waals surface area contributed by atoms with Crippen molar-refractivity contribution >= 4 is 23.3 Å². The van der Waals surface area contributed by atoms with Gasteiger partial charge >= 0.3 is 0 Å². The standard InChI is InChI=1S/C20H18N4O2/c1-13-18(19(21)24(22-13)15-10-6-3-7-11-15)16-12-17(25)23(20(16)26)14-8-4-2-5-9-14/h2-11,16H,12,21H2,1H3/t16-/m1/s1. The van der Waals surface area contributed by atoms with Gasteiger partial charge in [-0.15, -0.1) is 0 Å². The van der Waals surface area contributed by atoms with Gasteiger partial charge in [0.25, 0.3) is 0 Å². The highest BCUT2D eigenvalue weighted by Crippen LogP contribution is 2.37. The molecule has 1 aliphatic rings. The maximum Gasteiger partial charge on any atom is 0.242 e. The van der Waals surface area contributed by atoms with E-state index < -0.39 is 5.92 Å². The van der Waals surface area contributed by atoms with Crippen LogP contribution in [0.2, 0.25) is 0 Å². The SMILES string of the molecule is Cc1nn(-c2ccccc2)c(N)c1[C@H]1CC(=O)N(c2ccccc2)C1=O. The summed E-state index contributed by atoms with van der Waals surface area (Å²) in [6.07, 6.45) is 0.0965. The van der Waals surface area contributed by atoms with Crippen molar-refractivity contribution in [2.75, 3.05) is 10.6 Å².